The molecule has 0 radical (unpaired) electrons. The molecule has 2 heterocycles. The number of aryl methyl sites for hydroxylation is 2. The Labute approximate surface area is 101 Å². The van der Waals surface area contributed by atoms with Gasteiger partial charge in [-0.15, -0.1) is 0 Å². The topological polar surface area (TPSA) is 19.7 Å². The van der Waals surface area contributed by atoms with E-state index < -0.39 is 0 Å². The van der Waals surface area contributed by atoms with Crippen LogP contribution in [-0.4, -0.2) is 4.98 Å². The van der Waals surface area contributed by atoms with Crippen LogP contribution in [0.2, 0.25) is 0 Å². The van der Waals surface area contributed by atoms with E-state index in [1.54, 1.807) is 0 Å². The van der Waals surface area contributed by atoms with Gasteiger partial charge in [0.2, 0.25) is 0 Å². The predicted octanol–water partition coefficient (Wildman–Crippen LogP) is -1.18. The van der Waals surface area contributed by atoms with E-state index in [-0.39, 0.29) is 24.0 Å². The Morgan fingerprint density at radius 3 is 2.29 bits per heavy atom. The van der Waals surface area contributed by atoms with E-state index in [1.165, 1.54) is 16.8 Å². The highest BCUT2D eigenvalue weighted by Gasteiger charge is 2.00. The fourth-order valence-electron chi connectivity index (χ4n) is 1.37. The van der Waals surface area contributed by atoms with Gasteiger partial charge in [0.25, 0.3) is 0 Å². The highest BCUT2D eigenvalue weighted by molar-refractivity contribution is 5.62. The van der Waals surface area contributed by atoms with Crippen LogP contribution in [-0.2, 0) is 7.05 Å². The van der Waals surface area contributed by atoms with Gasteiger partial charge >= 0.3 is 0 Å². The van der Waals surface area contributed by atoms with E-state index in [1.807, 2.05) is 17.8 Å². The Hall–Kier alpha value is -0.840. The minimum absolute atomic E-state index is 0. The van der Waals surface area contributed by atoms with Gasteiger partial charge in [-0.25, -0.2) is 4.57 Å². The van der Waals surface area contributed by atoms with E-state index in [4.69, 9.17) is 0 Å². The molecule has 14 heavy (non-hydrogen) atoms. The lowest BCUT2D eigenvalue weighted by molar-refractivity contribution is -0.671. The zero-order chi connectivity index (χ0) is 9.26. The molecule has 0 amide bonds. The van der Waals surface area contributed by atoms with E-state index in [2.05, 4.69) is 42.5 Å². The van der Waals surface area contributed by atoms with Crippen LogP contribution in [0, 0.1) is 6.92 Å². The first kappa shape index (κ1) is 11.2. The molecular formula is C11H13IN2. The number of rotatable bonds is 1. The summed E-state index contributed by atoms with van der Waals surface area (Å²) in [5.41, 5.74) is 3.70. The number of halogens is 1. The Bertz CT molecular complexity index is 403. The van der Waals surface area contributed by atoms with Crippen molar-refractivity contribution < 1.29 is 28.5 Å². The molecule has 2 aromatic rings. The van der Waals surface area contributed by atoms with Crippen LogP contribution in [0.25, 0.3) is 11.1 Å². The lowest BCUT2D eigenvalue weighted by atomic mass is 10.1. The summed E-state index contributed by atoms with van der Waals surface area (Å²) in [7, 11) is 2.02. The number of nitrogens with zero attached hydrogens (tertiary/aromatic N) is 1. The molecule has 0 bridgehead atoms. The van der Waals surface area contributed by atoms with Gasteiger partial charge in [0.15, 0.2) is 12.4 Å². The molecular weight excluding hydrogens is 287 g/mol. The number of H-pyrrole nitrogens is 1. The maximum atomic E-state index is 3.17. The third-order valence-corrected chi connectivity index (χ3v) is 2.14. The number of hydrogen-bond acceptors (Lipinski definition) is 0. The molecule has 3 heteroatoms. The fourth-order valence-corrected chi connectivity index (χ4v) is 1.37. The molecule has 0 unspecified atom stereocenters. The number of nitrogens with one attached hydrogen (secondary N) is 1. The Morgan fingerprint density at radius 2 is 1.79 bits per heavy atom. The molecule has 0 fully saturated rings. The minimum Gasteiger partial charge on any atom is -1.00 e. The summed E-state index contributed by atoms with van der Waals surface area (Å²) in [6.07, 6.45) is 6.14. The van der Waals surface area contributed by atoms with E-state index in [0.717, 1.165) is 0 Å². The second-order valence-electron chi connectivity index (χ2n) is 3.32. The van der Waals surface area contributed by atoms with Gasteiger partial charge in [-0.3, -0.25) is 0 Å². The van der Waals surface area contributed by atoms with Gasteiger partial charge in [-0.1, -0.05) is 0 Å². The minimum atomic E-state index is 0. The molecule has 0 atom stereocenters. The standard InChI is InChI=1S/C11H12N2.HI/c1-9-7-11(8-12-9)10-3-5-13(2)6-4-10;/h3-8H,1-2H3;1H. The summed E-state index contributed by atoms with van der Waals surface area (Å²) < 4.78 is 2.03. The Kier molecular flexibility index (Phi) is 3.69. The van der Waals surface area contributed by atoms with E-state index in [0.29, 0.717) is 0 Å². The van der Waals surface area contributed by atoms with E-state index >= 15 is 0 Å². The average Bonchev–Trinajstić information content (AvgIpc) is 2.53. The second kappa shape index (κ2) is 4.59. The first-order chi connectivity index (χ1) is 6.25. The second-order valence-corrected chi connectivity index (χ2v) is 3.32. The summed E-state index contributed by atoms with van der Waals surface area (Å²) in [6, 6.07) is 6.38. The normalized spacial score (nSPS) is 9.57. The number of pyridine rings is 1. The van der Waals surface area contributed by atoms with Crippen LogP contribution >= 0.6 is 0 Å². The summed E-state index contributed by atoms with van der Waals surface area (Å²) in [5.74, 6) is 0. The van der Waals surface area contributed by atoms with Gasteiger partial charge in [0, 0.05) is 24.0 Å². The van der Waals surface area contributed by atoms with E-state index in [9.17, 15) is 0 Å². The third kappa shape index (κ3) is 2.35. The first-order valence-electron chi connectivity index (χ1n) is 4.36. The molecule has 0 aliphatic carbocycles. The summed E-state index contributed by atoms with van der Waals surface area (Å²) in [5, 5.41) is 0. The van der Waals surface area contributed by atoms with Crippen molar-refractivity contribution in [3.8, 4) is 11.1 Å². The molecule has 1 N–H and O–H groups in total. The fraction of sp³-hybridized carbons (Fsp3) is 0.182. The summed E-state index contributed by atoms with van der Waals surface area (Å²) >= 11 is 0. The molecule has 0 saturated carbocycles. The van der Waals surface area contributed by atoms with Crippen molar-refractivity contribution in [1.82, 2.24) is 4.98 Å². The molecule has 0 aromatic carbocycles. The van der Waals surface area contributed by atoms with Gasteiger partial charge in [-0.2, -0.15) is 0 Å². The van der Waals surface area contributed by atoms with Crippen molar-refractivity contribution >= 4 is 0 Å². The number of aromatic nitrogens is 2. The predicted molar refractivity (Wildman–Crippen MR) is 52.1 cm³/mol. The van der Waals surface area contributed by atoms with Gasteiger partial charge < -0.3 is 29.0 Å². The maximum Gasteiger partial charge on any atom is 0.169 e. The third-order valence-electron chi connectivity index (χ3n) is 2.14. The van der Waals surface area contributed by atoms with Crippen molar-refractivity contribution in [3.05, 3.63) is 42.5 Å². The van der Waals surface area contributed by atoms with Crippen LogP contribution in [0.3, 0.4) is 0 Å². The average molecular weight is 300 g/mol. The van der Waals surface area contributed by atoms with Gasteiger partial charge in [0.05, 0.1) is 0 Å². The first-order valence-corrected chi connectivity index (χ1v) is 4.36. The smallest absolute Gasteiger partial charge is 0.169 e. The van der Waals surface area contributed by atoms with Crippen LogP contribution in [0.5, 0.6) is 0 Å². The SMILES string of the molecule is Cc1cc(-c2cc[n+](C)cc2)c[nH]1.[I-]. The molecule has 0 aliphatic rings. The molecule has 74 valence electrons. The Morgan fingerprint density at radius 1 is 1.14 bits per heavy atom. The lowest BCUT2D eigenvalue weighted by Crippen LogP contribution is -3.00. The number of hydrogen-bond donors (Lipinski definition) is 1. The van der Waals surface area contributed by atoms with Gasteiger partial charge in [-0.05, 0) is 24.1 Å². The van der Waals surface area contributed by atoms with Crippen molar-refractivity contribution in [2.45, 2.75) is 6.92 Å². The summed E-state index contributed by atoms with van der Waals surface area (Å²) in [4.78, 5) is 3.17. The molecule has 0 spiro atoms. The van der Waals surface area contributed by atoms with Crippen LogP contribution in [0.4, 0.5) is 0 Å². The van der Waals surface area contributed by atoms with Crippen LogP contribution in [0.15, 0.2) is 36.8 Å². The highest BCUT2D eigenvalue weighted by Crippen LogP contribution is 2.17. The van der Waals surface area contributed by atoms with Gasteiger partial charge in [0.1, 0.15) is 7.05 Å². The number of aromatic amines is 1. The lowest BCUT2D eigenvalue weighted by Gasteiger charge is -1.93. The molecule has 0 saturated heterocycles. The molecule has 0 aliphatic heterocycles. The van der Waals surface area contributed by atoms with Crippen molar-refractivity contribution in [3.63, 3.8) is 0 Å². The van der Waals surface area contributed by atoms with Crippen LogP contribution < -0.4 is 28.5 Å². The summed E-state index contributed by atoms with van der Waals surface area (Å²) in [6.45, 7) is 2.06. The highest BCUT2D eigenvalue weighted by atomic mass is 127. The van der Waals surface area contributed by atoms with Crippen molar-refractivity contribution in [1.29, 1.82) is 0 Å². The zero-order valence-corrected chi connectivity index (χ0v) is 10.4. The molecule has 2 rings (SSSR count). The molecule has 2 aromatic heterocycles. The monoisotopic (exact) mass is 300 g/mol. The quantitative estimate of drug-likeness (QED) is 0.505. The maximum absolute atomic E-state index is 3.17. The van der Waals surface area contributed by atoms with Crippen molar-refractivity contribution in [2.24, 2.45) is 7.05 Å². The Balaban J connectivity index is 0.000000980. The largest absolute Gasteiger partial charge is 1.00 e. The zero-order valence-electron chi connectivity index (χ0n) is 8.29. The molecule has 2 nitrogen and oxygen atoms in total. The van der Waals surface area contributed by atoms with Crippen molar-refractivity contribution in [2.75, 3.05) is 0 Å². The van der Waals surface area contributed by atoms with Crippen LogP contribution in [0.1, 0.15) is 5.69 Å².